The van der Waals surface area contributed by atoms with Crippen LogP contribution in [0.1, 0.15) is 118 Å². The smallest absolute Gasteiger partial charge is 0.303 e. The fraction of sp³-hybridized carbons (Fsp3) is 0.816. The van der Waals surface area contributed by atoms with Crippen LogP contribution >= 0.6 is 0 Å². The predicted octanol–water partition coefficient (Wildman–Crippen LogP) is 7.70. The van der Waals surface area contributed by atoms with Crippen LogP contribution in [-0.2, 0) is 33.4 Å². The Morgan fingerprint density at radius 1 is 0.913 bits per heavy atom. The van der Waals surface area contributed by atoms with Gasteiger partial charge in [0.1, 0.15) is 25.4 Å². The van der Waals surface area contributed by atoms with Gasteiger partial charge in [-0.2, -0.15) is 0 Å². The first kappa shape index (κ1) is 33.7. The largest absolute Gasteiger partial charge is 0.463 e. The highest BCUT2D eigenvalue weighted by atomic mass is 16.7. The minimum atomic E-state index is -0.611. The quantitative estimate of drug-likeness (QED) is 0.110. The van der Waals surface area contributed by atoms with Gasteiger partial charge in [-0.1, -0.05) is 49.9 Å². The first-order valence-corrected chi connectivity index (χ1v) is 18.2. The molecule has 0 radical (unpaired) electrons. The maximum absolute atomic E-state index is 11.6. The maximum atomic E-state index is 11.6. The highest BCUT2D eigenvalue weighted by Crippen LogP contribution is 2.66. The predicted molar refractivity (Wildman–Crippen MR) is 176 cm³/mol. The SMILES string of the molecule is CC(=O)OC[C@H]1OC(OC2CC[C@@]3(C)C(=CCC4C3CC[C@@]3(C)C4CC[C@@H]3/C(C)=N/OCC3CCCCC3)C2)C=C[C@@H]1OC(C)=O. The molecule has 6 aliphatic rings. The third-order valence-corrected chi connectivity index (χ3v) is 13.0. The monoisotopic (exact) mass is 639 g/mol. The summed E-state index contributed by atoms with van der Waals surface area (Å²) >= 11 is 0. The zero-order valence-corrected chi connectivity index (χ0v) is 28.8. The molecule has 4 saturated carbocycles. The van der Waals surface area contributed by atoms with E-state index in [-0.39, 0.29) is 18.1 Å². The summed E-state index contributed by atoms with van der Waals surface area (Å²) in [6.45, 7) is 10.8. The minimum absolute atomic E-state index is 0.00818. The Morgan fingerprint density at radius 3 is 2.48 bits per heavy atom. The van der Waals surface area contributed by atoms with Crippen molar-refractivity contribution in [1.29, 1.82) is 0 Å². The number of esters is 2. The van der Waals surface area contributed by atoms with Crippen LogP contribution in [-0.4, -0.2) is 55.5 Å². The van der Waals surface area contributed by atoms with Crippen molar-refractivity contribution < 1.29 is 33.4 Å². The number of nitrogens with zero attached hydrogens (tertiary/aromatic N) is 1. The van der Waals surface area contributed by atoms with E-state index in [9.17, 15) is 9.59 Å². The van der Waals surface area contributed by atoms with Gasteiger partial charge in [-0.15, -0.1) is 0 Å². The van der Waals surface area contributed by atoms with Crippen LogP contribution in [0.4, 0.5) is 0 Å². The van der Waals surface area contributed by atoms with Crippen molar-refractivity contribution in [3.63, 3.8) is 0 Å². The highest BCUT2D eigenvalue weighted by Gasteiger charge is 2.59. The number of fused-ring (bicyclic) bond motifs is 5. The van der Waals surface area contributed by atoms with Gasteiger partial charge in [0, 0.05) is 19.8 Å². The number of carbonyl (C=O) groups is 2. The van der Waals surface area contributed by atoms with E-state index in [0.29, 0.717) is 23.2 Å². The molecule has 4 fully saturated rings. The Bertz CT molecular complexity index is 1210. The Labute approximate surface area is 276 Å². The van der Waals surface area contributed by atoms with Gasteiger partial charge in [-0.3, -0.25) is 9.59 Å². The molecule has 0 amide bonds. The molecule has 0 bridgehead atoms. The number of hydrogen-bond acceptors (Lipinski definition) is 8. The Balaban J connectivity index is 1.07. The van der Waals surface area contributed by atoms with E-state index in [1.54, 1.807) is 11.6 Å². The van der Waals surface area contributed by atoms with Gasteiger partial charge in [0.05, 0.1) is 11.8 Å². The van der Waals surface area contributed by atoms with Crippen LogP contribution in [0.2, 0.25) is 0 Å². The molecule has 0 aromatic carbocycles. The molecule has 0 aromatic rings. The molecule has 8 heteroatoms. The van der Waals surface area contributed by atoms with Crippen molar-refractivity contribution in [3.05, 3.63) is 23.8 Å². The van der Waals surface area contributed by atoms with Crippen LogP contribution in [0.3, 0.4) is 0 Å². The number of hydrogen-bond donors (Lipinski definition) is 0. The van der Waals surface area contributed by atoms with Gasteiger partial charge in [0.25, 0.3) is 0 Å². The van der Waals surface area contributed by atoms with E-state index in [4.69, 9.17) is 28.9 Å². The molecule has 46 heavy (non-hydrogen) atoms. The number of allylic oxidation sites excluding steroid dienone is 1. The van der Waals surface area contributed by atoms with E-state index in [0.717, 1.165) is 44.1 Å². The molecule has 5 unspecified atom stereocenters. The Hall–Kier alpha value is -2.19. The highest BCUT2D eigenvalue weighted by molar-refractivity contribution is 5.85. The van der Waals surface area contributed by atoms with Gasteiger partial charge in [0.2, 0.25) is 0 Å². The average Bonchev–Trinajstić information content (AvgIpc) is 3.39. The number of ether oxygens (including phenoxy) is 4. The third-order valence-electron chi connectivity index (χ3n) is 13.0. The maximum Gasteiger partial charge on any atom is 0.303 e. The minimum Gasteiger partial charge on any atom is -0.463 e. The van der Waals surface area contributed by atoms with E-state index >= 15 is 0 Å². The van der Waals surface area contributed by atoms with Gasteiger partial charge in [-0.25, -0.2) is 0 Å². The molecule has 10 atom stereocenters. The zero-order chi connectivity index (χ0) is 32.5. The number of carbonyl (C=O) groups excluding carboxylic acids is 2. The topological polar surface area (TPSA) is 92.7 Å². The van der Waals surface area contributed by atoms with Gasteiger partial charge < -0.3 is 23.8 Å². The number of oxime groups is 1. The lowest BCUT2D eigenvalue weighted by Gasteiger charge is -2.58. The molecule has 8 nitrogen and oxygen atoms in total. The van der Waals surface area contributed by atoms with Crippen molar-refractivity contribution in [2.45, 2.75) is 143 Å². The van der Waals surface area contributed by atoms with Gasteiger partial charge >= 0.3 is 11.9 Å². The van der Waals surface area contributed by atoms with Crippen LogP contribution in [0, 0.1) is 40.4 Å². The molecule has 256 valence electrons. The van der Waals surface area contributed by atoms with Crippen LogP contribution in [0.5, 0.6) is 0 Å². The second-order valence-corrected chi connectivity index (χ2v) is 15.8. The summed E-state index contributed by atoms with van der Waals surface area (Å²) in [7, 11) is 0. The Morgan fingerprint density at radius 2 is 1.72 bits per heavy atom. The molecule has 0 aromatic heterocycles. The van der Waals surface area contributed by atoms with Crippen LogP contribution in [0.15, 0.2) is 29.0 Å². The van der Waals surface area contributed by atoms with Crippen LogP contribution in [0.25, 0.3) is 0 Å². The lowest BCUT2D eigenvalue weighted by atomic mass is 9.47. The molecule has 1 aliphatic heterocycles. The molecule has 0 spiro atoms. The Kier molecular flexibility index (Phi) is 10.3. The van der Waals surface area contributed by atoms with Crippen molar-refractivity contribution in [2.75, 3.05) is 13.2 Å². The normalized spacial score (nSPS) is 41.1. The summed E-state index contributed by atoms with van der Waals surface area (Å²) < 4.78 is 23.2. The summed E-state index contributed by atoms with van der Waals surface area (Å²) in [4.78, 5) is 29.0. The number of rotatable bonds is 9. The third kappa shape index (κ3) is 6.99. The van der Waals surface area contributed by atoms with Crippen molar-refractivity contribution in [2.24, 2.45) is 45.6 Å². The van der Waals surface area contributed by atoms with Crippen molar-refractivity contribution >= 4 is 17.7 Å². The molecule has 0 saturated heterocycles. The lowest BCUT2D eigenvalue weighted by molar-refractivity contribution is -0.213. The van der Waals surface area contributed by atoms with Crippen LogP contribution < -0.4 is 0 Å². The molecule has 5 aliphatic carbocycles. The first-order chi connectivity index (χ1) is 22.1. The zero-order valence-electron chi connectivity index (χ0n) is 28.8. The standard InChI is InChI=1S/C38H57NO7/c1-24(39-43-22-27-9-7-6-8-10-27)31-13-14-32-30-12-11-28-21-29(17-19-37(28,4)33(30)18-20-38(31,32)5)45-36-16-15-34(44-26(3)41)35(46-36)23-42-25(2)40/h11,15-16,27,29-36H,6-10,12-14,17-23H2,1-5H3/b39-24+/t29?,30?,31-,32?,33?,34+,35-,36?,37+,38-/m1/s1. The van der Waals surface area contributed by atoms with Gasteiger partial charge in [-0.05, 0) is 118 Å². The summed E-state index contributed by atoms with van der Waals surface area (Å²) in [6.07, 6.45) is 20.4. The second-order valence-electron chi connectivity index (χ2n) is 15.8. The van der Waals surface area contributed by atoms with E-state index in [2.05, 4.69) is 26.8 Å². The molecular formula is C38H57NO7. The van der Waals surface area contributed by atoms with Crippen molar-refractivity contribution in [1.82, 2.24) is 0 Å². The molecule has 0 N–H and O–H groups in total. The van der Waals surface area contributed by atoms with E-state index in [1.165, 1.54) is 77.3 Å². The fourth-order valence-corrected chi connectivity index (χ4v) is 10.6. The fourth-order valence-electron chi connectivity index (χ4n) is 10.6. The summed E-state index contributed by atoms with van der Waals surface area (Å²) in [5.41, 5.74) is 3.31. The van der Waals surface area contributed by atoms with E-state index in [1.807, 2.05) is 6.08 Å². The summed E-state index contributed by atoms with van der Waals surface area (Å²) in [5.74, 6) is 2.60. The summed E-state index contributed by atoms with van der Waals surface area (Å²) in [6, 6.07) is 0. The molecular weight excluding hydrogens is 582 g/mol. The summed E-state index contributed by atoms with van der Waals surface area (Å²) in [5, 5.41) is 4.75. The van der Waals surface area contributed by atoms with E-state index < -0.39 is 30.4 Å². The molecule has 1 heterocycles. The second kappa shape index (κ2) is 14.1. The van der Waals surface area contributed by atoms with Crippen molar-refractivity contribution in [3.8, 4) is 0 Å². The lowest BCUT2D eigenvalue weighted by Crippen LogP contribution is -2.51. The molecule has 6 rings (SSSR count). The van der Waals surface area contributed by atoms with Gasteiger partial charge in [0.15, 0.2) is 6.29 Å². The first-order valence-electron chi connectivity index (χ1n) is 18.2. The average molecular weight is 640 g/mol.